The number of nitrogens with two attached hydrogens (primary N) is 1. The predicted octanol–water partition coefficient (Wildman–Crippen LogP) is 3.21. The number of para-hydroxylation sites is 1. The van der Waals surface area contributed by atoms with Crippen LogP contribution in [0.2, 0.25) is 0 Å². The molecule has 2 aromatic rings. The van der Waals surface area contributed by atoms with E-state index in [9.17, 15) is 18.0 Å². The fourth-order valence-electron chi connectivity index (χ4n) is 1.59. The largest absolute Gasteiger partial charge is 0.417 e. The molecule has 20 heavy (non-hydrogen) atoms. The summed E-state index contributed by atoms with van der Waals surface area (Å²) in [6.45, 7) is 1.11. The number of ether oxygens (including phenoxy) is 1. The molecule has 2 aromatic carbocycles. The lowest BCUT2D eigenvalue weighted by atomic mass is 10.2. The minimum Gasteiger partial charge on any atom is -0.417 e. The van der Waals surface area contributed by atoms with E-state index in [0.29, 0.717) is 6.07 Å². The fourth-order valence-corrected chi connectivity index (χ4v) is 1.59. The molecule has 104 valence electrons. The molecule has 0 bridgehead atoms. The number of anilines is 1. The second-order valence-corrected chi connectivity index (χ2v) is 4.09. The number of halogens is 3. The highest BCUT2D eigenvalue weighted by Crippen LogP contribution is 2.27. The van der Waals surface area contributed by atoms with Gasteiger partial charge in [0.25, 0.3) is 0 Å². The highest BCUT2D eigenvalue weighted by atomic mass is 19.1. The van der Waals surface area contributed by atoms with Gasteiger partial charge in [-0.1, -0.05) is 12.1 Å². The van der Waals surface area contributed by atoms with Crippen molar-refractivity contribution in [1.82, 2.24) is 0 Å². The number of carbonyl (C=O) groups excluding carboxylic acids is 1. The standard InChI is InChI=1S/C14H10F3NO2/c1-7-9(15)6-10(16)13(12(7)17)20-14(19)8-4-2-3-5-11(8)18/h2-6H,18H2,1H3. The van der Waals surface area contributed by atoms with Crippen LogP contribution in [0, 0.1) is 24.4 Å². The maximum atomic E-state index is 13.7. The zero-order valence-electron chi connectivity index (χ0n) is 10.4. The molecule has 0 amide bonds. The molecule has 0 unspecified atom stereocenters. The lowest BCUT2D eigenvalue weighted by molar-refractivity contribution is 0.0720. The van der Waals surface area contributed by atoms with Gasteiger partial charge in [-0.05, 0) is 19.1 Å². The Balaban J connectivity index is 2.39. The van der Waals surface area contributed by atoms with E-state index in [-0.39, 0.29) is 11.3 Å². The molecule has 0 radical (unpaired) electrons. The quantitative estimate of drug-likeness (QED) is 0.522. The van der Waals surface area contributed by atoms with Gasteiger partial charge in [0.1, 0.15) is 5.82 Å². The molecule has 0 aliphatic carbocycles. The van der Waals surface area contributed by atoms with Crippen molar-refractivity contribution in [2.24, 2.45) is 0 Å². The van der Waals surface area contributed by atoms with Crippen LogP contribution in [-0.2, 0) is 0 Å². The summed E-state index contributed by atoms with van der Waals surface area (Å²) in [5.41, 5.74) is 5.20. The van der Waals surface area contributed by atoms with Crippen LogP contribution in [0.5, 0.6) is 5.75 Å². The molecule has 0 atom stereocenters. The average Bonchev–Trinajstić information content (AvgIpc) is 2.41. The fraction of sp³-hybridized carbons (Fsp3) is 0.0714. The SMILES string of the molecule is Cc1c(F)cc(F)c(OC(=O)c2ccccc2N)c1F. The number of benzene rings is 2. The molecule has 0 aliphatic rings. The van der Waals surface area contributed by atoms with Crippen molar-refractivity contribution in [2.45, 2.75) is 6.92 Å². The van der Waals surface area contributed by atoms with Crippen LogP contribution in [0.15, 0.2) is 30.3 Å². The van der Waals surface area contributed by atoms with Crippen molar-refractivity contribution in [1.29, 1.82) is 0 Å². The van der Waals surface area contributed by atoms with Crippen LogP contribution in [-0.4, -0.2) is 5.97 Å². The van der Waals surface area contributed by atoms with Gasteiger partial charge in [0.05, 0.1) is 5.56 Å². The minimum absolute atomic E-state index is 0.0340. The van der Waals surface area contributed by atoms with Gasteiger partial charge in [0.2, 0.25) is 5.75 Å². The Morgan fingerprint density at radius 2 is 1.80 bits per heavy atom. The molecule has 2 rings (SSSR count). The van der Waals surface area contributed by atoms with Gasteiger partial charge in [0.15, 0.2) is 11.6 Å². The van der Waals surface area contributed by atoms with E-state index in [4.69, 9.17) is 5.73 Å². The van der Waals surface area contributed by atoms with Gasteiger partial charge < -0.3 is 10.5 Å². The summed E-state index contributed by atoms with van der Waals surface area (Å²) >= 11 is 0. The van der Waals surface area contributed by atoms with Crippen LogP contribution in [0.4, 0.5) is 18.9 Å². The van der Waals surface area contributed by atoms with E-state index in [1.807, 2.05) is 0 Å². The van der Waals surface area contributed by atoms with Gasteiger partial charge in [-0.3, -0.25) is 0 Å². The lowest BCUT2D eigenvalue weighted by Gasteiger charge is -2.10. The summed E-state index contributed by atoms with van der Waals surface area (Å²) < 4.78 is 44.9. The third-order valence-corrected chi connectivity index (χ3v) is 2.73. The highest BCUT2D eigenvalue weighted by Gasteiger charge is 2.21. The van der Waals surface area contributed by atoms with E-state index in [2.05, 4.69) is 4.74 Å². The number of esters is 1. The molecule has 0 aromatic heterocycles. The maximum absolute atomic E-state index is 13.7. The number of nitrogen functional groups attached to an aromatic ring is 1. The Kier molecular flexibility index (Phi) is 3.65. The lowest BCUT2D eigenvalue weighted by Crippen LogP contribution is -2.13. The number of carbonyl (C=O) groups is 1. The highest BCUT2D eigenvalue weighted by molar-refractivity contribution is 5.96. The average molecular weight is 281 g/mol. The summed E-state index contributed by atoms with van der Waals surface area (Å²) in [7, 11) is 0. The second kappa shape index (κ2) is 5.24. The first-order valence-corrected chi connectivity index (χ1v) is 5.62. The van der Waals surface area contributed by atoms with Gasteiger partial charge in [-0.25, -0.2) is 18.0 Å². The van der Waals surface area contributed by atoms with Crippen LogP contribution >= 0.6 is 0 Å². The number of hydrogen-bond acceptors (Lipinski definition) is 3. The molecule has 0 fully saturated rings. The third kappa shape index (κ3) is 2.45. The van der Waals surface area contributed by atoms with Crippen LogP contribution in [0.3, 0.4) is 0 Å². The van der Waals surface area contributed by atoms with Crippen LogP contribution < -0.4 is 10.5 Å². The third-order valence-electron chi connectivity index (χ3n) is 2.73. The Hall–Kier alpha value is -2.50. The van der Waals surface area contributed by atoms with Crippen LogP contribution in [0.1, 0.15) is 15.9 Å². The minimum atomic E-state index is -1.30. The van der Waals surface area contributed by atoms with Crippen molar-refractivity contribution in [3.63, 3.8) is 0 Å². The Labute approximate surface area is 112 Å². The van der Waals surface area contributed by atoms with E-state index in [1.54, 1.807) is 6.07 Å². The first kappa shape index (κ1) is 13.9. The summed E-state index contributed by atoms with van der Waals surface area (Å²) in [4.78, 5) is 11.8. The van der Waals surface area contributed by atoms with E-state index in [1.165, 1.54) is 18.2 Å². The summed E-state index contributed by atoms with van der Waals surface area (Å²) in [6, 6.07) is 6.36. The predicted molar refractivity (Wildman–Crippen MR) is 66.9 cm³/mol. The first-order chi connectivity index (χ1) is 9.41. The molecule has 0 heterocycles. The van der Waals surface area contributed by atoms with Crippen molar-refractivity contribution >= 4 is 11.7 Å². The van der Waals surface area contributed by atoms with Crippen molar-refractivity contribution in [3.05, 3.63) is 58.9 Å². The normalized spacial score (nSPS) is 10.4. The van der Waals surface area contributed by atoms with E-state index < -0.39 is 34.7 Å². The topological polar surface area (TPSA) is 52.3 Å². The monoisotopic (exact) mass is 281 g/mol. The number of rotatable bonds is 2. The molecular formula is C14H10F3NO2. The van der Waals surface area contributed by atoms with Gasteiger partial charge in [-0.15, -0.1) is 0 Å². The Morgan fingerprint density at radius 3 is 2.45 bits per heavy atom. The van der Waals surface area contributed by atoms with Gasteiger partial charge in [-0.2, -0.15) is 0 Å². The number of hydrogen-bond donors (Lipinski definition) is 1. The smallest absolute Gasteiger partial charge is 0.345 e. The molecule has 2 N–H and O–H groups in total. The van der Waals surface area contributed by atoms with E-state index in [0.717, 1.165) is 6.92 Å². The molecule has 0 aliphatic heterocycles. The molecule has 0 spiro atoms. The van der Waals surface area contributed by atoms with E-state index >= 15 is 0 Å². The van der Waals surface area contributed by atoms with Gasteiger partial charge in [0, 0.05) is 17.3 Å². The zero-order chi connectivity index (χ0) is 14.9. The molecule has 0 saturated heterocycles. The van der Waals surface area contributed by atoms with Crippen LogP contribution in [0.25, 0.3) is 0 Å². The molecular weight excluding hydrogens is 271 g/mol. The molecule has 0 saturated carbocycles. The van der Waals surface area contributed by atoms with Gasteiger partial charge >= 0.3 is 5.97 Å². The summed E-state index contributed by atoms with van der Waals surface area (Å²) in [6.07, 6.45) is 0. The van der Waals surface area contributed by atoms with Crippen molar-refractivity contribution in [2.75, 3.05) is 5.73 Å². The zero-order valence-corrected chi connectivity index (χ0v) is 10.4. The summed E-state index contributed by atoms with van der Waals surface area (Å²) in [5, 5.41) is 0. The Bertz CT molecular complexity index is 686. The maximum Gasteiger partial charge on any atom is 0.345 e. The second-order valence-electron chi connectivity index (χ2n) is 4.09. The summed E-state index contributed by atoms with van der Waals surface area (Å²) in [5.74, 6) is -5.58. The molecule has 3 nitrogen and oxygen atoms in total. The first-order valence-electron chi connectivity index (χ1n) is 5.62. The molecule has 6 heteroatoms. The Morgan fingerprint density at radius 1 is 1.15 bits per heavy atom. The van der Waals surface area contributed by atoms with Crippen molar-refractivity contribution in [3.8, 4) is 5.75 Å². The van der Waals surface area contributed by atoms with Crippen molar-refractivity contribution < 1.29 is 22.7 Å².